The van der Waals surface area contributed by atoms with E-state index in [1.165, 1.54) is 38.6 Å². The number of carbonyl (C=O) groups is 1. The standard InChI is InChI=1S/C14H25N3O/c1-16-7-6-11(9-16)10-17-13(18)8-15-14(17)12-4-2-3-5-12/h11-12,14-15H,2-10H2,1H3. The Balaban J connectivity index is 1.62. The van der Waals surface area contributed by atoms with Gasteiger partial charge in [-0.15, -0.1) is 0 Å². The summed E-state index contributed by atoms with van der Waals surface area (Å²) in [6.07, 6.45) is 6.87. The molecule has 2 saturated heterocycles. The molecule has 2 heterocycles. The average molecular weight is 251 g/mol. The zero-order valence-electron chi connectivity index (χ0n) is 11.4. The Morgan fingerprint density at radius 3 is 2.72 bits per heavy atom. The fraction of sp³-hybridized carbons (Fsp3) is 0.929. The van der Waals surface area contributed by atoms with Crippen molar-refractivity contribution in [3.8, 4) is 0 Å². The summed E-state index contributed by atoms with van der Waals surface area (Å²) < 4.78 is 0. The lowest BCUT2D eigenvalue weighted by atomic mass is 10.0. The molecule has 2 atom stereocenters. The third kappa shape index (κ3) is 2.41. The first-order chi connectivity index (χ1) is 8.74. The smallest absolute Gasteiger partial charge is 0.237 e. The molecule has 4 heteroatoms. The lowest BCUT2D eigenvalue weighted by molar-refractivity contribution is -0.129. The van der Waals surface area contributed by atoms with Crippen LogP contribution in [0.2, 0.25) is 0 Å². The zero-order valence-corrected chi connectivity index (χ0v) is 11.4. The van der Waals surface area contributed by atoms with Gasteiger partial charge in [-0.3, -0.25) is 10.1 Å². The Hall–Kier alpha value is -0.610. The highest BCUT2D eigenvalue weighted by molar-refractivity contribution is 5.80. The highest BCUT2D eigenvalue weighted by Gasteiger charge is 2.38. The van der Waals surface area contributed by atoms with Gasteiger partial charge in [0, 0.05) is 13.1 Å². The van der Waals surface area contributed by atoms with Gasteiger partial charge in [0.15, 0.2) is 0 Å². The number of hydrogen-bond donors (Lipinski definition) is 1. The molecule has 0 aromatic heterocycles. The first-order valence-corrected chi connectivity index (χ1v) is 7.45. The molecule has 102 valence electrons. The van der Waals surface area contributed by atoms with Crippen LogP contribution in [-0.4, -0.2) is 55.1 Å². The lowest BCUT2D eigenvalue weighted by Gasteiger charge is -2.31. The van der Waals surface area contributed by atoms with E-state index in [0.29, 0.717) is 30.5 Å². The molecule has 4 nitrogen and oxygen atoms in total. The van der Waals surface area contributed by atoms with Crippen LogP contribution in [-0.2, 0) is 4.79 Å². The van der Waals surface area contributed by atoms with Crippen molar-refractivity contribution in [3.05, 3.63) is 0 Å². The molecule has 1 saturated carbocycles. The van der Waals surface area contributed by atoms with Crippen molar-refractivity contribution in [1.82, 2.24) is 15.1 Å². The van der Waals surface area contributed by atoms with E-state index in [0.717, 1.165) is 13.1 Å². The number of likely N-dealkylation sites (tertiary alicyclic amines) is 1. The summed E-state index contributed by atoms with van der Waals surface area (Å²) in [7, 11) is 2.18. The normalized spacial score (nSPS) is 34.9. The Labute approximate surface area is 110 Å². The first-order valence-electron chi connectivity index (χ1n) is 7.45. The summed E-state index contributed by atoms with van der Waals surface area (Å²) in [6, 6.07) is 0. The summed E-state index contributed by atoms with van der Waals surface area (Å²) in [4.78, 5) is 16.6. The second kappa shape index (κ2) is 5.17. The van der Waals surface area contributed by atoms with E-state index in [1.807, 2.05) is 0 Å². The molecule has 1 aliphatic carbocycles. The van der Waals surface area contributed by atoms with Gasteiger partial charge in [-0.25, -0.2) is 0 Å². The Kier molecular flexibility index (Phi) is 3.57. The quantitative estimate of drug-likeness (QED) is 0.809. The molecule has 0 spiro atoms. The van der Waals surface area contributed by atoms with Gasteiger partial charge in [0.2, 0.25) is 5.91 Å². The van der Waals surface area contributed by atoms with Crippen molar-refractivity contribution in [2.75, 3.05) is 33.2 Å². The van der Waals surface area contributed by atoms with Gasteiger partial charge in [0.25, 0.3) is 0 Å². The Morgan fingerprint density at radius 2 is 2.06 bits per heavy atom. The van der Waals surface area contributed by atoms with Gasteiger partial charge in [0.1, 0.15) is 0 Å². The molecule has 2 aliphatic heterocycles. The Bertz CT molecular complexity index is 314. The van der Waals surface area contributed by atoms with E-state index in [-0.39, 0.29) is 0 Å². The molecular weight excluding hydrogens is 226 g/mol. The molecule has 0 aromatic carbocycles. The van der Waals surface area contributed by atoms with Gasteiger partial charge in [-0.1, -0.05) is 12.8 Å². The number of carbonyl (C=O) groups excluding carboxylic acids is 1. The molecule has 1 N–H and O–H groups in total. The molecule has 0 aromatic rings. The highest BCUT2D eigenvalue weighted by atomic mass is 16.2. The van der Waals surface area contributed by atoms with E-state index in [9.17, 15) is 4.79 Å². The van der Waals surface area contributed by atoms with Crippen molar-refractivity contribution in [1.29, 1.82) is 0 Å². The van der Waals surface area contributed by atoms with Gasteiger partial charge in [-0.05, 0) is 44.7 Å². The molecule has 3 rings (SSSR count). The topological polar surface area (TPSA) is 35.6 Å². The minimum Gasteiger partial charge on any atom is -0.325 e. The highest BCUT2D eigenvalue weighted by Crippen LogP contribution is 2.31. The molecule has 0 bridgehead atoms. The largest absolute Gasteiger partial charge is 0.325 e. The van der Waals surface area contributed by atoms with Crippen molar-refractivity contribution in [3.63, 3.8) is 0 Å². The van der Waals surface area contributed by atoms with Crippen LogP contribution in [0.4, 0.5) is 0 Å². The third-order valence-corrected chi connectivity index (χ3v) is 4.91. The molecule has 3 aliphatic rings. The summed E-state index contributed by atoms with van der Waals surface area (Å²) in [6.45, 7) is 3.87. The molecule has 0 radical (unpaired) electrons. The van der Waals surface area contributed by atoms with Crippen LogP contribution < -0.4 is 5.32 Å². The monoisotopic (exact) mass is 251 g/mol. The van der Waals surface area contributed by atoms with Crippen molar-refractivity contribution >= 4 is 5.91 Å². The van der Waals surface area contributed by atoms with Crippen LogP contribution in [0.25, 0.3) is 0 Å². The second-order valence-electron chi connectivity index (χ2n) is 6.33. The second-order valence-corrected chi connectivity index (χ2v) is 6.33. The van der Waals surface area contributed by atoms with Crippen LogP contribution in [0.1, 0.15) is 32.1 Å². The number of hydrogen-bond acceptors (Lipinski definition) is 3. The van der Waals surface area contributed by atoms with Gasteiger partial charge < -0.3 is 9.80 Å². The summed E-state index contributed by atoms with van der Waals surface area (Å²) in [5.74, 6) is 1.71. The van der Waals surface area contributed by atoms with E-state index in [2.05, 4.69) is 22.2 Å². The van der Waals surface area contributed by atoms with E-state index >= 15 is 0 Å². The van der Waals surface area contributed by atoms with Gasteiger partial charge in [-0.2, -0.15) is 0 Å². The van der Waals surface area contributed by atoms with Crippen molar-refractivity contribution in [2.45, 2.75) is 38.3 Å². The average Bonchev–Trinajstić information content (AvgIpc) is 3.03. The molecule has 18 heavy (non-hydrogen) atoms. The molecule has 2 unspecified atom stereocenters. The van der Waals surface area contributed by atoms with Crippen LogP contribution >= 0.6 is 0 Å². The first kappa shape index (κ1) is 12.4. The predicted octanol–water partition coefficient (Wildman–Crippen LogP) is 0.886. The number of amides is 1. The van der Waals surface area contributed by atoms with Crippen LogP contribution in [0, 0.1) is 11.8 Å². The summed E-state index contributed by atoms with van der Waals surface area (Å²) >= 11 is 0. The van der Waals surface area contributed by atoms with E-state index in [1.54, 1.807) is 0 Å². The number of nitrogens with zero attached hydrogens (tertiary/aromatic N) is 2. The van der Waals surface area contributed by atoms with Gasteiger partial charge in [0.05, 0.1) is 12.7 Å². The fourth-order valence-electron chi connectivity index (χ4n) is 3.92. The molecule has 1 amide bonds. The van der Waals surface area contributed by atoms with Crippen LogP contribution in [0.5, 0.6) is 0 Å². The van der Waals surface area contributed by atoms with Gasteiger partial charge >= 0.3 is 0 Å². The maximum atomic E-state index is 12.1. The lowest BCUT2D eigenvalue weighted by Crippen LogP contribution is -2.44. The predicted molar refractivity (Wildman–Crippen MR) is 71.1 cm³/mol. The maximum Gasteiger partial charge on any atom is 0.237 e. The van der Waals surface area contributed by atoms with E-state index < -0.39 is 0 Å². The third-order valence-electron chi connectivity index (χ3n) is 4.91. The van der Waals surface area contributed by atoms with Crippen LogP contribution in [0.3, 0.4) is 0 Å². The Morgan fingerprint density at radius 1 is 1.28 bits per heavy atom. The van der Waals surface area contributed by atoms with Crippen molar-refractivity contribution < 1.29 is 4.79 Å². The van der Waals surface area contributed by atoms with Crippen molar-refractivity contribution in [2.24, 2.45) is 11.8 Å². The maximum absolute atomic E-state index is 12.1. The fourth-order valence-corrected chi connectivity index (χ4v) is 3.92. The zero-order chi connectivity index (χ0) is 12.5. The van der Waals surface area contributed by atoms with E-state index in [4.69, 9.17) is 0 Å². The SMILES string of the molecule is CN1CCC(CN2C(=O)CNC2C2CCCC2)C1. The van der Waals surface area contributed by atoms with Crippen LogP contribution in [0.15, 0.2) is 0 Å². The number of rotatable bonds is 3. The summed E-state index contributed by atoms with van der Waals surface area (Å²) in [5, 5.41) is 3.45. The molecule has 3 fully saturated rings. The molecular formula is C14H25N3O. The number of nitrogens with one attached hydrogen (secondary N) is 1. The minimum atomic E-state index is 0.321. The minimum absolute atomic E-state index is 0.321. The summed E-state index contributed by atoms with van der Waals surface area (Å²) in [5.41, 5.74) is 0.